The molecule has 1 aliphatic heterocycles. The maximum atomic E-state index is 10.6. The predicted octanol–water partition coefficient (Wildman–Crippen LogP) is -1.06. The Morgan fingerprint density at radius 2 is 1.55 bits per heavy atom. The fraction of sp³-hybridized carbons (Fsp3) is 0.500. The van der Waals surface area contributed by atoms with Crippen LogP contribution in [0.25, 0.3) is 0 Å². The normalized spacial score (nSPS) is 19.5. The number of hydrogen-bond acceptors (Lipinski definition) is 4. The SMILES string of the molecule is O=C1CCC(=O)N1S(=O)(=O)O. The molecule has 0 spiro atoms. The zero-order chi connectivity index (χ0) is 8.65. The van der Waals surface area contributed by atoms with Crippen LogP contribution >= 0.6 is 0 Å². The molecule has 1 N–H and O–H groups in total. The second-order valence-corrected chi connectivity index (χ2v) is 3.29. The predicted molar refractivity (Wildman–Crippen MR) is 32.6 cm³/mol. The Hall–Kier alpha value is -0.950. The third-order valence-electron chi connectivity index (χ3n) is 1.24. The summed E-state index contributed by atoms with van der Waals surface area (Å²) in [4.78, 5) is 21.2. The van der Waals surface area contributed by atoms with E-state index in [1.165, 1.54) is 0 Å². The largest absolute Gasteiger partial charge is 0.368 e. The van der Waals surface area contributed by atoms with Gasteiger partial charge in [-0.25, -0.2) is 0 Å². The van der Waals surface area contributed by atoms with Crippen LogP contribution in [0.5, 0.6) is 0 Å². The monoisotopic (exact) mass is 179 g/mol. The lowest BCUT2D eigenvalue weighted by Gasteiger charge is -2.06. The topological polar surface area (TPSA) is 91.8 Å². The lowest BCUT2D eigenvalue weighted by Crippen LogP contribution is -2.34. The van der Waals surface area contributed by atoms with Crippen LogP contribution in [0.1, 0.15) is 12.8 Å². The molecule has 0 aliphatic carbocycles. The number of amides is 2. The minimum atomic E-state index is -4.67. The average Bonchev–Trinajstić information content (AvgIpc) is 2.08. The first-order valence-electron chi connectivity index (χ1n) is 2.76. The van der Waals surface area contributed by atoms with Crippen molar-refractivity contribution in [3.63, 3.8) is 0 Å². The highest BCUT2D eigenvalue weighted by atomic mass is 32.2. The second-order valence-electron chi connectivity index (χ2n) is 2.03. The van der Waals surface area contributed by atoms with Gasteiger partial charge in [0.05, 0.1) is 0 Å². The smallest absolute Gasteiger partial charge is 0.273 e. The van der Waals surface area contributed by atoms with Gasteiger partial charge in [-0.1, -0.05) is 0 Å². The summed E-state index contributed by atoms with van der Waals surface area (Å²) >= 11 is 0. The fourth-order valence-corrected chi connectivity index (χ4v) is 1.51. The Kier molecular flexibility index (Phi) is 1.69. The molecule has 2 amide bonds. The zero-order valence-corrected chi connectivity index (χ0v) is 6.17. The van der Waals surface area contributed by atoms with Crippen LogP contribution in [-0.2, 0) is 19.9 Å². The molecule has 0 unspecified atom stereocenters. The van der Waals surface area contributed by atoms with Crippen molar-refractivity contribution in [2.24, 2.45) is 0 Å². The van der Waals surface area contributed by atoms with E-state index in [0.29, 0.717) is 0 Å². The number of nitrogens with zero attached hydrogens (tertiary/aromatic N) is 1. The molecule has 1 saturated heterocycles. The lowest BCUT2D eigenvalue weighted by atomic mass is 10.4. The van der Waals surface area contributed by atoms with Gasteiger partial charge in [0.1, 0.15) is 0 Å². The van der Waals surface area contributed by atoms with Gasteiger partial charge in [-0.05, 0) is 0 Å². The van der Waals surface area contributed by atoms with Crippen molar-refractivity contribution >= 4 is 22.1 Å². The quantitative estimate of drug-likeness (QED) is 0.409. The van der Waals surface area contributed by atoms with Crippen molar-refractivity contribution in [3.05, 3.63) is 0 Å². The molecule has 6 nitrogen and oxygen atoms in total. The van der Waals surface area contributed by atoms with E-state index in [1.807, 2.05) is 0 Å². The molecule has 0 bridgehead atoms. The van der Waals surface area contributed by atoms with Gasteiger partial charge in [-0.2, -0.15) is 12.7 Å². The first-order chi connectivity index (χ1) is 4.93. The summed E-state index contributed by atoms with van der Waals surface area (Å²) < 4.78 is 28.8. The molecule has 0 atom stereocenters. The summed E-state index contributed by atoms with van der Waals surface area (Å²) in [5, 5.41) is 0. The van der Waals surface area contributed by atoms with Gasteiger partial charge in [0.2, 0.25) is 11.8 Å². The van der Waals surface area contributed by atoms with E-state index in [1.54, 1.807) is 0 Å². The minimum Gasteiger partial charge on any atom is -0.273 e. The maximum Gasteiger partial charge on any atom is 0.368 e. The molecule has 11 heavy (non-hydrogen) atoms. The van der Waals surface area contributed by atoms with Crippen LogP contribution in [0.4, 0.5) is 0 Å². The van der Waals surface area contributed by atoms with Crippen molar-refractivity contribution in [3.8, 4) is 0 Å². The molecule has 1 aliphatic rings. The van der Waals surface area contributed by atoms with E-state index in [4.69, 9.17) is 4.55 Å². The molecule has 62 valence electrons. The average molecular weight is 179 g/mol. The summed E-state index contributed by atoms with van der Waals surface area (Å²) in [7, 11) is -4.67. The first-order valence-corrected chi connectivity index (χ1v) is 4.16. The Morgan fingerprint density at radius 3 is 1.73 bits per heavy atom. The molecule has 7 heteroatoms. The standard InChI is InChI=1S/C4H5NO5S/c6-3-1-2-4(7)5(3)11(8,9)10/h1-2H2,(H,8,9,10). The van der Waals surface area contributed by atoms with E-state index in [2.05, 4.69) is 0 Å². The van der Waals surface area contributed by atoms with Gasteiger partial charge in [0.15, 0.2) is 0 Å². The lowest BCUT2D eigenvalue weighted by molar-refractivity contribution is -0.132. The second kappa shape index (κ2) is 2.28. The number of carbonyl (C=O) groups excluding carboxylic acids is 2. The molecule has 0 aromatic carbocycles. The Balaban J connectivity index is 3.05. The van der Waals surface area contributed by atoms with Gasteiger partial charge in [-0.3, -0.25) is 14.1 Å². The summed E-state index contributed by atoms with van der Waals surface area (Å²) in [5.41, 5.74) is 0. The summed E-state index contributed by atoms with van der Waals surface area (Å²) in [5.74, 6) is -1.75. The molecule has 1 rings (SSSR count). The fourth-order valence-electron chi connectivity index (χ4n) is 0.813. The van der Waals surface area contributed by atoms with Crippen LogP contribution in [0.15, 0.2) is 0 Å². The molecule has 0 radical (unpaired) electrons. The van der Waals surface area contributed by atoms with Gasteiger partial charge in [-0.15, -0.1) is 0 Å². The molecule has 0 aromatic heterocycles. The summed E-state index contributed by atoms with van der Waals surface area (Å²) in [6.07, 6.45) is -0.308. The van der Waals surface area contributed by atoms with Crippen molar-refractivity contribution in [1.29, 1.82) is 0 Å². The van der Waals surface area contributed by atoms with Crippen LogP contribution in [0.3, 0.4) is 0 Å². The third-order valence-corrected chi connectivity index (χ3v) is 2.11. The number of carbonyl (C=O) groups is 2. The molecule has 1 fully saturated rings. The van der Waals surface area contributed by atoms with E-state index < -0.39 is 22.1 Å². The molecule has 1 heterocycles. The van der Waals surface area contributed by atoms with Crippen LogP contribution in [0, 0.1) is 0 Å². The van der Waals surface area contributed by atoms with Crippen LogP contribution in [-0.4, -0.2) is 29.1 Å². The number of rotatable bonds is 1. The van der Waals surface area contributed by atoms with Gasteiger partial charge < -0.3 is 0 Å². The van der Waals surface area contributed by atoms with E-state index in [0.717, 1.165) is 0 Å². The van der Waals surface area contributed by atoms with Crippen molar-refractivity contribution in [2.75, 3.05) is 0 Å². The highest BCUT2D eigenvalue weighted by Gasteiger charge is 2.37. The minimum absolute atomic E-state index is 0.118. The van der Waals surface area contributed by atoms with Gasteiger partial charge in [0, 0.05) is 12.8 Å². The molecular weight excluding hydrogens is 174 g/mol. The van der Waals surface area contributed by atoms with Crippen molar-refractivity contribution in [1.82, 2.24) is 4.31 Å². The van der Waals surface area contributed by atoms with Crippen molar-refractivity contribution < 1.29 is 22.6 Å². The highest BCUT2D eigenvalue weighted by molar-refractivity contribution is 7.84. The van der Waals surface area contributed by atoms with E-state index >= 15 is 0 Å². The van der Waals surface area contributed by atoms with E-state index in [-0.39, 0.29) is 17.1 Å². The maximum absolute atomic E-state index is 10.6. The Labute approximate surface area is 62.7 Å². The van der Waals surface area contributed by atoms with Crippen LogP contribution < -0.4 is 0 Å². The van der Waals surface area contributed by atoms with Gasteiger partial charge in [0.25, 0.3) is 0 Å². The molecule has 0 aromatic rings. The third kappa shape index (κ3) is 1.38. The van der Waals surface area contributed by atoms with Crippen molar-refractivity contribution in [2.45, 2.75) is 12.8 Å². The van der Waals surface area contributed by atoms with E-state index in [9.17, 15) is 18.0 Å². The summed E-state index contributed by atoms with van der Waals surface area (Å²) in [6, 6.07) is 0. The Bertz CT molecular complexity index is 288. The zero-order valence-electron chi connectivity index (χ0n) is 5.35. The summed E-state index contributed by atoms with van der Waals surface area (Å²) in [6.45, 7) is 0. The van der Waals surface area contributed by atoms with Crippen LogP contribution in [0.2, 0.25) is 0 Å². The number of hydrogen-bond donors (Lipinski definition) is 1. The highest BCUT2D eigenvalue weighted by Crippen LogP contribution is 2.14. The Morgan fingerprint density at radius 1 is 1.18 bits per heavy atom. The molecular formula is C4H5NO5S. The molecule has 0 saturated carbocycles. The first kappa shape index (κ1) is 8.15. The van der Waals surface area contributed by atoms with Gasteiger partial charge >= 0.3 is 10.3 Å². The number of imide groups is 1.